The first-order chi connectivity index (χ1) is 9.15. The second-order valence-electron chi connectivity index (χ2n) is 4.39. The smallest absolute Gasteiger partial charge is 0.250 e. The Bertz CT molecular complexity index is 632. The Labute approximate surface area is 110 Å². The quantitative estimate of drug-likeness (QED) is 0.786. The molecule has 1 aromatic heterocycles. The number of aryl methyl sites for hydroxylation is 2. The van der Waals surface area contributed by atoms with Crippen molar-refractivity contribution in [3.05, 3.63) is 35.4 Å². The van der Waals surface area contributed by atoms with Gasteiger partial charge in [0, 0.05) is 6.07 Å². The lowest BCUT2D eigenvalue weighted by Gasteiger charge is -2.29. The minimum Gasteiger partial charge on any atom is -0.489 e. The van der Waals surface area contributed by atoms with Crippen molar-refractivity contribution < 1.29 is 9.13 Å². The zero-order valence-electron chi connectivity index (χ0n) is 10.7. The predicted molar refractivity (Wildman–Crippen MR) is 68.2 cm³/mol. The molecule has 0 N–H and O–H groups in total. The van der Waals surface area contributed by atoms with Crippen molar-refractivity contribution >= 4 is 11.6 Å². The normalized spacial score (nSPS) is 13.9. The minimum absolute atomic E-state index is 0.320. The highest BCUT2D eigenvalue weighted by molar-refractivity contribution is 5.66. The first-order valence-corrected chi connectivity index (χ1v) is 6.03. The largest absolute Gasteiger partial charge is 0.489 e. The van der Waals surface area contributed by atoms with E-state index in [4.69, 9.17) is 4.74 Å². The molecule has 2 aromatic rings. The van der Waals surface area contributed by atoms with Crippen molar-refractivity contribution in [2.75, 3.05) is 18.1 Å². The third kappa shape index (κ3) is 2.09. The Hall–Kier alpha value is -2.24. The molecule has 0 saturated heterocycles. The van der Waals surface area contributed by atoms with E-state index in [1.165, 1.54) is 12.1 Å². The van der Waals surface area contributed by atoms with Crippen LogP contribution >= 0.6 is 0 Å². The summed E-state index contributed by atoms with van der Waals surface area (Å²) in [4.78, 5) is 6.31. The minimum atomic E-state index is -0.320. The maximum Gasteiger partial charge on any atom is 0.250 e. The van der Waals surface area contributed by atoms with E-state index in [-0.39, 0.29) is 5.82 Å². The Balaban J connectivity index is 2.05. The van der Waals surface area contributed by atoms with Crippen LogP contribution in [0, 0.1) is 19.7 Å². The fourth-order valence-corrected chi connectivity index (χ4v) is 1.96. The molecule has 0 fully saturated rings. The average Bonchev–Trinajstić information content (AvgIpc) is 2.41. The monoisotopic (exact) mass is 260 g/mol. The van der Waals surface area contributed by atoms with E-state index in [0.29, 0.717) is 24.8 Å². The summed E-state index contributed by atoms with van der Waals surface area (Å²) in [6.45, 7) is 4.83. The Kier molecular flexibility index (Phi) is 2.77. The van der Waals surface area contributed by atoms with Crippen molar-refractivity contribution in [1.82, 2.24) is 15.2 Å². The highest BCUT2D eigenvalue weighted by atomic mass is 19.1. The van der Waals surface area contributed by atoms with Gasteiger partial charge in [-0.2, -0.15) is 5.10 Å². The van der Waals surface area contributed by atoms with E-state index in [1.54, 1.807) is 6.07 Å². The molecule has 0 spiro atoms. The van der Waals surface area contributed by atoms with Crippen molar-refractivity contribution in [1.29, 1.82) is 0 Å². The zero-order chi connectivity index (χ0) is 13.4. The van der Waals surface area contributed by atoms with Gasteiger partial charge in [-0.15, -0.1) is 5.10 Å². The lowest BCUT2D eigenvalue weighted by atomic mass is 10.2. The van der Waals surface area contributed by atoms with E-state index in [2.05, 4.69) is 15.2 Å². The topological polar surface area (TPSA) is 51.1 Å². The molecule has 2 heterocycles. The number of hydrogen-bond acceptors (Lipinski definition) is 5. The predicted octanol–water partition coefficient (Wildman–Crippen LogP) is 2.16. The van der Waals surface area contributed by atoms with Gasteiger partial charge < -0.3 is 9.64 Å². The van der Waals surface area contributed by atoms with E-state index in [1.807, 2.05) is 18.7 Å². The number of benzene rings is 1. The van der Waals surface area contributed by atoms with Crippen molar-refractivity contribution in [3.8, 4) is 5.75 Å². The summed E-state index contributed by atoms with van der Waals surface area (Å²) >= 11 is 0. The molecular formula is C13H13FN4O. The number of anilines is 2. The number of halogens is 1. The summed E-state index contributed by atoms with van der Waals surface area (Å²) in [5, 5.41) is 8.17. The molecule has 5 nitrogen and oxygen atoms in total. The van der Waals surface area contributed by atoms with Crippen LogP contribution < -0.4 is 9.64 Å². The summed E-state index contributed by atoms with van der Waals surface area (Å²) in [5.74, 6) is 0.701. The molecule has 0 bridgehead atoms. The van der Waals surface area contributed by atoms with Gasteiger partial charge in [-0.1, -0.05) is 0 Å². The SMILES string of the molecule is Cc1nnc(N2CCOc3cc(F)ccc32)nc1C. The molecule has 6 heteroatoms. The maximum atomic E-state index is 13.2. The number of hydrogen-bond donors (Lipinski definition) is 0. The fourth-order valence-electron chi connectivity index (χ4n) is 1.96. The molecule has 19 heavy (non-hydrogen) atoms. The van der Waals surface area contributed by atoms with Crippen LogP contribution in [0.25, 0.3) is 0 Å². The van der Waals surface area contributed by atoms with Crippen LogP contribution in [-0.4, -0.2) is 28.3 Å². The molecule has 0 amide bonds. The second kappa shape index (κ2) is 4.46. The number of nitrogens with zero attached hydrogens (tertiary/aromatic N) is 4. The van der Waals surface area contributed by atoms with Crippen LogP contribution in [0.4, 0.5) is 16.0 Å². The lowest BCUT2D eigenvalue weighted by Crippen LogP contribution is -2.30. The number of ether oxygens (including phenoxy) is 1. The van der Waals surface area contributed by atoms with Gasteiger partial charge in [-0.25, -0.2) is 9.37 Å². The van der Waals surface area contributed by atoms with Gasteiger partial charge in [0.15, 0.2) is 0 Å². The van der Waals surface area contributed by atoms with Crippen LogP contribution in [0.1, 0.15) is 11.4 Å². The summed E-state index contributed by atoms with van der Waals surface area (Å²) in [6.07, 6.45) is 0. The van der Waals surface area contributed by atoms with E-state index in [0.717, 1.165) is 17.1 Å². The third-order valence-electron chi connectivity index (χ3n) is 3.11. The second-order valence-corrected chi connectivity index (χ2v) is 4.39. The number of rotatable bonds is 1. The molecule has 1 aliphatic rings. The molecule has 98 valence electrons. The number of fused-ring (bicyclic) bond motifs is 1. The van der Waals surface area contributed by atoms with E-state index >= 15 is 0 Å². The van der Waals surface area contributed by atoms with Crippen LogP contribution in [0.2, 0.25) is 0 Å². The molecule has 0 aliphatic carbocycles. The molecular weight excluding hydrogens is 247 g/mol. The van der Waals surface area contributed by atoms with Crippen LogP contribution in [0.3, 0.4) is 0 Å². The molecule has 1 aromatic carbocycles. The van der Waals surface area contributed by atoms with E-state index in [9.17, 15) is 4.39 Å². The Morgan fingerprint density at radius 3 is 2.84 bits per heavy atom. The van der Waals surface area contributed by atoms with Crippen LogP contribution in [0.15, 0.2) is 18.2 Å². The van der Waals surface area contributed by atoms with Crippen molar-refractivity contribution in [3.63, 3.8) is 0 Å². The Morgan fingerprint density at radius 1 is 1.21 bits per heavy atom. The van der Waals surface area contributed by atoms with Gasteiger partial charge in [-0.3, -0.25) is 0 Å². The maximum absolute atomic E-state index is 13.2. The average molecular weight is 260 g/mol. The molecule has 0 radical (unpaired) electrons. The van der Waals surface area contributed by atoms with Crippen molar-refractivity contribution in [2.24, 2.45) is 0 Å². The molecule has 0 saturated carbocycles. The summed E-state index contributed by atoms with van der Waals surface area (Å²) in [7, 11) is 0. The Morgan fingerprint density at radius 2 is 2.05 bits per heavy atom. The van der Waals surface area contributed by atoms with Crippen molar-refractivity contribution in [2.45, 2.75) is 13.8 Å². The molecule has 3 rings (SSSR count). The molecule has 0 unspecified atom stereocenters. The van der Waals surface area contributed by atoms with Crippen LogP contribution in [-0.2, 0) is 0 Å². The highest BCUT2D eigenvalue weighted by Crippen LogP contribution is 2.35. The van der Waals surface area contributed by atoms with Gasteiger partial charge in [0.25, 0.3) is 0 Å². The van der Waals surface area contributed by atoms with Gasteiger partial charge in [-0.05, 0) is 26.0 Å². The van der Waals surface area contributed by atoms with Gasteiger partial charge in [0.1, 0.15) is 18.2 Å². The molecule has 0 atom stereocenters. The summed E-state index contributed by atoms with van der Waals surface area (Å²) in [6, 6.07) is 4.44. The molecule has 1 aliphatic heterocycles. The summed E-state index contributed by atoms with van der Waals surface area (Å²) < 4.78 is 18.7. The fraction of sp³-hybridized carbons (Fsp3) is 0.308. The number of aromatic nitrogens is 3. The zero-order valence-corrected chi connectivity index (χ0v) is 10.7. The standard InChI is InChI=1S/C13H13FN4O/c1-8-9(2)16-17-13(15-8)18-5-6-19-12-7-10(14)3-4-11(12)18/h3-4,7H,5-6H2,1-2H3. The first kappa shape index (κ1) is 11.8. The van der Waals surface area contributed by atoms with Crippen LogP contribution in [0.5, 0.6) is 5.75 Å². The summed E-state index contributed by atoms with van der Waals surface area (Å²) in [5.41, 5.74) is 2.40. The van der Waals surface area contributed by atoms with Gasteiger partial charge in [0.05, 0.1) is 23.6 Å². The first-order valence-electron chi connectivity index (χ1n) is 6.03. The van der Waals surface area contributed by atoms with Gasteiger partial charge in [0.2, 0.25) is 5.95 Å². The lowest BCUT2D eigenvalue weighted by molar-refractivity contribution is 0.311. The third-order valence-corrected chi connectivity index (χ3v) is 3.11. The van der Waals surface area contributed by atoms with E-state index < -0.39 is 0 Å². The van der Waals surface area contributed by atoms with Gasteiger partial charge >= 0.3 is 0 Å². The highest BCUT2D eigenvalue weighted by Gasteiger charge is 2.22.